The van der Waals surface area contributed by atoms with Crippen LogP contribution >= 0.6 is 0 Å². The predicted octanol–water partition coefficient (Wildman–Crippen LogP) is 2.59. The molecular weight excluding hydrogens is 271 g/mol. The molecule has 3 heterocycles. The van der Waals surface area contributed by atoms with Crippen LogP contribution < -0.4 is 5.32 Å². The van der Waals surface area contributed by atoms with Gasteiger partial charge in [0.25, 0.3) is 0 Å². The van der Waals surface area contributed by atoms with Crippen LogP contribution in [-0.4, -0.2) is 25.7 Å². The van der Waals surface area contributed by atoms with Gasteiger partial charge < -0.3 is 5.32 Å². The van der Waals surface area contributed by atoms with Crippen LogP contribution in [0.2, 0.25) is 0 Å². The minimum absolute atomic E-state index is 0.0925. The summed E-state index contributed by atoms with van der Waals surface area (Å²) in [6, 6.07) is -0.478. The van der Waals surface area contributed by atoms with Crippen molar-refractivity contribution in [3.63, 3.8) is 0 Å². The summed E-state index contributed by atoms with van der Waals surface area (Å²) in [6.45, 7) is 1.85. The number of anilines is 1. The van der Waals surface area contributed by atoms with Crippen LogP contribution in [0.4, 0.5) is 19.0 Å². The molecule has 2 aromatic rings. The molecule has 5 nitrogen and oxygen atoms in total. The Hall–Kier alpha value is -1.99. The number of alkyl halides is 3. The second-order valence-electron chi connectivity index (χ2n) is 4.96. The predicted molar refractivity (Wildman–Crippen MR) is 66.2 cm³/mol. The topological polar surface area (TPSA) is 47.7 Å². The molecule has 0 fully saturated rings. The van der Waals surface area contributed by atoms with Crippen molar-refractivity contribution in [1.82, 2.24) is 19.6 Å². The highest BCUT2D eigenvalue weighted by Crippen LogP contribution is 2.43. The van der Waals surface area contributed by atoms with Crippen molar-refractivity contribution in [2.75, 3.05) is 5.32 Å². The molecule has 0 radical (unpaired) electrons. The molecule has 0 aromatic carbocycles. The number of nitrogens with one attached hydrogen (secondary N) is 1. The first-order chi connectivity index (χ1) is 9.38. The zero-order chi connectivity index (χ0) is 14.5. The Morgan fingerprint density at radius 3 is 2.70 bits per heavy atom. The molecule has 1 aliphatic heterocycles. The van der Waals surface area contributed by atoms with E-state index in [9.17, 15) is 13.2 Å². The Morgan fingerprint density at radius 2 is 2.10 bits per heavy atom. The summed E-state index contributed by atoms with van der Waals surface area (Å²) in [4.78, 5) is 0. The number of hydrogen-bond donors (Lipinski definition) is 1. The molecule has 2 aromatic heterocycles. The number of hydrogen-bond acceptors (Lipinski definition) is 3. The van der Waals surface area contributed by atoms with Crippen LogP contribution in [0.25, 0.3) is 0 Å². The van der Waals surface area contributed by atoms with E-state index in [2.05, 4.69) is 15.5 Å². The van der Waals surface area contributed by atoms with Gasteiger partial charge in [-0.15, -0.1) is 0 Å². The highest BCUT2D eigenvalue weighted by Gasteiger charge is 2.46. The van der Waals surface area contributed by atoms with Crippen LogP contribution in [0, 0.1) is 6.92 Å². The maximum atomic E-state index is 13.2. The number of nitrogens with zero attached hydrogens (tertiary/aromatic N) is 4. The molecule has 108 valence electrons. The normalized spacial score (nSPS) is 22.4. The zero-order valence-electron chi connectivity index (χ0n) is 11.0. The van der Waals surface area contributed by atoms with E-state index in [-0.39, 0.29) is 6.42 Å². The van der Waals surface area contributed by atoms with Gasteiger partial charge in [0, 0.05) is 30.8 Å². The van der Waals surface area contributed by atoms with Gasteiger partial charge in [-0.1, -0.05) is 0 Å². The lowest BCUT2D eigenvalue weighted by Gasteiger charge is -2.33. The van der Waals surface area contributed by atoms with Crippen molar-refractivity contribution in [1.29, 1.82) is 0 Å². The molecule has 0 saturated heterocycles. The molecule has 0 amide bonds. The Balaban J connectivity index is 2.00. The van der Waals surface area contributed by atoms with Gasteiger partial charge in [0.15, 0.2) is 6.04 Å². The molecule has 0 spiro atoms. The van der Waals surface area contributed by atoms with Gasteiger partial charge in [-0.05, 0) is 6.92 Å². The smallest absolute Gasteiger partial charge is 0.363 e. The third-order valence-electron chi connectivity index (χ3n) is 3.77. The molecular formula is C12H14F3N5. The van der Waals surface area contributed by atoms with Gasteiger partial charge in [-0.2, -0.15) is 23.4 Å². The lowest BCUT2D eigenvalue weighted by Crippen LogP contribution is -2.35. The summed E-state index contributed by atoms with van der Waals surface area (Å²) in [5.41, 5.74) is 1.64. The van der Waals surface area contributed by atoms with Crippen LogP contribution in [0.1, 0.15) is 29.8 Å². The quantitative estimate of drug-likeness (QED) is 0.876. The highest BCUT2D eigenvalue weighted by molar-refractivity contribution is 5.42. The lowest BCUT2D eigenvalue weighted by atomic mass is 9.97. The van der Waals surface area contributed by atoms with E-state index < -0.39 is 18.3 Å². The maximum absolute atomic E-state index is 13.2. The van der Waals surface area contributed by atoms with Crippen molar-refractivity contribution >= 4 is 5.82 Å². The number of aryl methyl sites for hydroxylation is 1. The van der Waals surface area contributed by atoms with Gasteiger partial charge in [-0.25, -0.2) is 4.68 Å². The second-order valence-corrected chi connectivity index (χ2v) is 4.96. The molecule has 1 N–H and O–H groups in total. The fourth-order valence-electron chi connectivity index (χ4n) is 2.57. The fraction of sp³-hybridized carbons (Fsp3) is 0.500. The summed E-state index contributed by atoms with van der Waals surface area (Å²) in [6.07, 6.45) is -1.42. The molecule has 3 rings (SSSR count). The Morgan fingerprint density at radius 1 is 1.35 bits per heavy atom. The minimum Gasteiger partial charge on any atom is -0.363 e. The van der Waals surface area contributed by atoms with Crippen molar-refractivity contribution in [3.8, 4) is 0 Å². The number of fused-ring (bicyclic) bond motifs is 1. The van der Waals surface area contributed by atoms with Gasteiger partial charge in [0.1, 0.15) is 5.82 Å². The minimum atomic E-state index is -4.32. The Kier molecular flexibility index (Phi) is 2.77. The third kappa shape index (κ3) is 1.95. The summed E-state index contributed by atoms with van der Waals surface area (Å²) in [7, 11) is 1.77. The molecule has 1 aliphatic rings. The largest absolute Gasteiger partial charge is 0.410 e. The van der Waals surface area contributed by atoms with E-state index in [0.29, 0.717) is 5.82 Å². The summed E-state index contributed by atoms with van der Waals surface area (Å²) in [5, 5.41) is 11.0. The van der Waals surface area contributed by atoms with Gasteiger partial charge in [-0.3, -0.25) is 4.68 Å². The van der Waals surface area contributed by atoms with Gasteiger partial charge >= 0.3 is 6.18 Å². The number of aromatic nitrogens is 4. The lowest BCUT2D eigenvalue weighted by molar-refractivity contribution is -0.173. The van der Waals surface area contributed by atoms with Crippen molar-refractivity contribution in [3.05, 3.63) is 29.7 Å². The average Bonchev–Trinajstić information content (AvgIpc) is 2.95. The van der Waals surface area contributed by atoms with Crippen molar-refractivity contribution < 1.29 is 13.2 Å². The molecule has 2 atom stereocenters. The van der Waals surface area contributed by atoms with E-state index in [1.54, 1.807) is 24.0 Å². The summed E-state index contributed by atoms with van der Waals surface area (Å²) in [5.74, 6) is 0.381. The van der Waals surface area contributed by atoms with Gasteiger partial charge in [0.05, 0.1) is 18.4 Å². The monoisotopic (exact) mass is 285 g/mol. The molecule has 0 unspecified atom stereocenters. The Labute approximate surface area is 113 Å². The van der Waals surface area contributed by atoms with Crippen LogP contribution in [-0.2, 0) is 7.05 Å². The highest BCUT2D eigenvalue weighted by atomic mass is 19.4. The second kappa shape index (κ2) is 4.26. The van der Waals surface area contributed by atoms with Crippen LogP contribution in [0.15, 0.2) is 18.5 Å². The number of rotatable bonds is 1. The van der Waals surface area contributed by atoms with Gasteiger partial charge in [0.2, 0.25) is 0 Å². The molecule has 0 bridgehead atoms. The SMILES string of the molecule is Cc1c([C@@H]2C[C@H](C(F)(F)F)n3nccc3N2)cnn1C. The molecule has 20 heavy (non-hydrogen) atoms. The van der Waals surface area contributed by atoms with Crippen molar-refractivity contribution in [2.24, 2.45) is 7.05 Å². The molecule has 0 aliphatic carbocycles. The average molecular weight is 285 g/mol. The third-order valence-corrected chi connectivity index (χ3v) is 3.77. The van der Waals surface area contributed by atoms with E-state index in [4.69, 9.17) is 0 Å². The maximum Gasteiger partial charge on any atom is 0.410 e. The summed E-state index contributed by atoms with van der Waals surface area (Å²) < 4.78 is 42.2. The fourth-order valence-corrected chi connectivity index (χ4v) is 2.57. The molecule has 8 heteroatoms. The Bertz CT molecular complexity index is 627. The van der Waals surface area contributed by atoms with E-state index >= 15 is 0 Å². The zero-order valence-corrected chi connectivity index (χ0v) is 11.0. The first-order valence-electron chi connectivity index (χ1n) is 6.23. The first kappa shape index (κ1) is 13.0. The van der Waals surface area contributed by atoms with Crippen molar-refractivity contribution in [2.45, 2.75) is 31.6 Å². The van der Waals surface area contributed by atoms with E-state index in [1.807, 2.05) is 6.92 Å². The standard InChI is InChI=1S/C12H14F3N5/c1-7-8(6-17-19(7)2)9-5-10(12(13,14)15)20-11(18-9)3-4-16-20/h3-4,6,9-10,18H,5H2,1-2H3/t9-,10+/m0/s1. The van der Waals surface area contributed by atoms with E-state index in [0.717, 1.165) is 15.9 Å². The molecule has 0 saturated carbocycles. The summed E-state index contributed by atoms with van der Waals surface area (Å²) >= 11 is 0. The first-order valence-corrected chi connectivity index (χ1v) is 6.23. The number of halogens is 3. The van der Waals surface area contributed by atoms with E-state index in [1.165, 1.54) is 6.20 Å². The van der Waals surface area contributed by atoms with Crippen LogP contribution in [0.3, 0.4) is 0 Å². The van der Waals surface area contributed by atoms with Crippen LogP contribution in [0.5, 0.6) is 0 Å².